The SMILES string of the molecule is Nc1ccccc1-c1nnc2ccc(O)cn12. The van der Waals surface area contributed by atoms with Crippen LogP contribution in [0.2, 0.25) is 0 Å². The van der Waals surface area contributed by atoms with Gasteiger partial charge in [0.15, 0.2) is 11.5 Å². The fraction of sp³-hybridized carbons (Fsp3) is 0. The Balaban J connectivity index is 2.31. The highest BCUT2D eigenvalue weighted by atomic mass is 16.3. The number of nitrogens with two attached hydrogens (primary N) is 1. The van der Waals surface area contributed by atoms with Crippen molar-refractivity contribution >= 4 is 11.3 Å². The third-order valence-electron chi connectivity index (χ3n) is 2.59. The molecule has 0 saturated heterocycles. The van der Waals surface area contributed by atoms with Crippen LogP contribution in [0.3, 0.4) is 0 Å². The highest BCUT2D eigenvalue weighted by molar-refractivity contribution is 5.72. The molecule has 84 valence electrons. The second kappa shape index (κ2) is 3.48. The molecule has 0 radical (unpaired) electrons. The molecule has 0 saturated carbocycles. The molecule has 0 aliphatic heterocycles. The average molecular weight is 226 g/mol. The van der Waals surface area contributed by atoms with Crippen molar-refractivity contribution in [2.45, 2.75) is 0 Å². The fourth-order valence-corrected chi connectivity index (χ4v) is 1.76. The summed E-state index contributed by atoms with van der Waals surface area (Å²) in [6, 6.07) is 10.7. The Morgan fingerprint density at radius 1 is 1.06 bits per heavy atom. The van der Waals surface area contributed by atoms with Gasteiger partial charge in [-0.15, -0.1) is 10.2 Å². The number of benzene rings is 1. The number of hydrogen-bond donors (Lipinski definition) is 2. The van der Waals surface area contributed by atoms with Crippen molar-refractivity contribution in [3.63, 3.8) is 0 Å². The maximum atomic E-state index is 9.48. The van der Waals surface area contributed by atoms with Crippen LogP contribution in [0.1, 0.15) is 0 Å². The van der Waals surface area contributed by atoms with Gasteiger partial charge in [0.25, 0.3) is 0 Å². The molecular weight excluding hydrogens is 216 g/mol. The summed E-state index contributed by atoms with van der Waals surface area (Å²) in [4.78, 5) is 0. The minimum Gasteiger partial charge on any atom is -0.506 e. The van der Waals surface area contributed by atoms with E-state index in [4.69, 9.17) is 5.73 Å². The lowest BCUT2D eigenvalue weighted by Crippen LogP contribution is -1.94. The predicted molar refractivity (Wildman–Crippen MR) is 64.5 cm³/mol. The summed E-state index contributed by atoms with van der Waals surface area (Å²) in [5, 5.41) is 17.6. The van der Waals surface area contributed by atoms with Gasteiger partial charge in [0.2, 0.25) is 0 Å². The molecule has 0 fully saturated rings. The lowest BCUT2D eigenvalue weighted by atomic mass is 10.2. The van der Waals surface area contributed by atoms with Gasteiger partial charge in [-0.25, -0.2) is 0 Å². The number of aromatic hydroxyl groups is 1. The van der Waals surface area contributed by atoms with Crippen LogP contribution in [-0.2, 0) is 0 Å². The van der Waals surface area contributed by atoms with E-state index < -0.39 is 0 Å². The minimum atomic E-state index is 0.160. The van der Waals surface area contributed by atoms with E-state index in [0.717, 1.165) is 5.56 Å². The standard InChI is InChI=1S/C12H10N4O/c13-10-4-2-1-3-9(10)12-15-14-11-6-5-8(17)7-16(11)12/h1-7,17H,13H2. The third-order valence-corrected chi connectivity index (χ3v) is 2.59. The lowest BCUT2D eigenvalue weighted by Gasteiger charge is -2.03. The molecule has 0 amide bonds. The van der Waals surface area contributed by atoms with Gasteiger partial charge in [-0.3, -0.25) is 4.40 Å². The van der Waals surface area contributed by atoms with Crippen molar-refractivity contribution in [1.82, 2.24) is 14.6 Å². The summed E-state index contributed by atoms with van der Waals surface area (Å²) in [7, 11) is 0. The number of nitrogen functional groups attached to an aromatic ring is 1. The van der Waals surface area contributed by atoms with Crippen molar-refractivity contribution in [3.05, 3.63) is 42.6 Å². The molecule has 2 aromatic heterocycles. The lowest BCUT2D eigenvalue weighted by molar-refractivity contribution is 0.472. The Morgan fingerprint density at radius 3 is 2.71 bits per heavy atom. The summed E-state index contributed by atoms with van der Waals surface area (Å²) >= 11 is 0. The van der Waals surface area contributed by atoms with Gasteiger partial charge in [0, 0.05) is 11.3 Å². The van der Waals surface area contributed by atoms with Crippen LogP contribution in [0.25, 0.3) is 17.0 Å². The van der Waals surface area contributed by atoms with E-state index >= 15 is 0 Å². The van der Waals surface area contributed by atoms with Gasteiger partial charge in [0.1, 0.15) is 5.75 Å². The molecule has 0 bridgehead atoms. The number of para-hydroxylation sites is 1. The van der Waals surface area contributed by atoms with E-state index in [0.29, 0.717) is 17.2 Å². The number of pyridine rings is 1. The van der Waals surface area contributed by atoms with E-state index in [-0.39, 0.29) is 5.75 Å². The van der Waals surface area contributed by atoms with Crippen LogP contribution in [0, 0.1) is 0 Å². The Hall–Kier alpha value is -2.56. The monoisotopic (exact) mass is 226 g/mol. The zero-order chi connectivity index (χ0) is 11.8. The number of fused-ring (bicyclic) bond motifs is 1. The fourth-order valence-electron chi connectivity index (χ4n) is 1.76. The van der Waals surface area contributed by atoms with Crippen molar-refractivity contribution in [3.8, 4) is 17.1 Å². The number of nitrogens with zero attached hydrogens (tertiary/aromatic N) is 3. The summed E-state index contributed by atoms with van der Waals surface area (Å²) < 4.78 is 1.71. The molecule has 0 aliphatic rings. The van der Waals surface area contributed by atoms with Gasteiger partial charge in [-0.05, 0) is 24.3 Å². The number of aromatic nitrogens is 3. The summed E-state index contributed by atoms with van der Waals surface area (Å²) in [5.41, 5.74) is 7.99. The normalized spacial score (nSPS) is 10.8. The van der Waals surface area contributed by atoms with Crippen molar-refractivity contribution in [2.24, 2.45) is 0 Å². The summed E-state index contributed by atoms with van der Waals surface area (Å²) in [6.45, 7) is 0. The molecule has 3 rings (SSSR count). The smallest absolute Gasteiger partial charge is 0.170 e. The first-order chi connectivity index (χ1) is 8.25. The average Bonchev–Trinajstić information content (AvgIpc) is 2.72. The van der Waals surface area contributed by atoms with Gasteiger partial charge >= 0.3 is 0 Å². The van der Waals surface area contributed by atoms with Gasteiger partial charge < -0.3 is 10.8 Å². The molecule has 0 aliphatic carbocycles. The Kier molecular flexibility index (Phi) is 1.98. The van der Waals surface area contributed by atoms with Gasteiger partial charge in [-0.2, -0.15) is 0 Å². The molecule has 0 unspecified atom stereocenters. The van der Waals surface area contributed by atoms with Crippen LogP contribution in [-0.4, -0.2) is 19.7 Å². The Morgan fingerprint density at radius 2 is 1.88 bits per heavy atom. The van der Waals surface area contributed by atoms with Crippen LogP contribution < -0.4 is 5.73 Å². The van der Waals surface area contributed by atoms with E-state index in [9.17, 15) is 5.11 Å². The maximum Gasteiger partial charge on any atom is 0.170 e. The highest BCUT2D eigenvalue weighted by Crippen LogP contribution is 2.25. The third kappa shape index (κ3) is 1.48. The quantitative estimate of drug-likeness (QED) is 0.619. The first kappa shape index (κ1) is 9.65. The first-order valence-corrected chi connectivity index (χ1v) is 5.14. The topological polar surface area (TPSA) is 76.4 Å². The number of rotatable bonds is 1. The minimum absolute atomic E-state index is 0.160. The second-order valence-electron chi connectivity index (χ2n) is 3.73. The Labute approximate surface area is 97.1 Å². The van der Waals surface area contributed by atoms with Crippen LogP contribution in [0.15, 0.2) is 42.6 Å². The molecular formula is C12H10N4O. The Bertz CT molecular complexity index is 690. The first-order valence-electron chi connectivity index (χ1n) is 5.14. The van der Waals surface area contributed by atoms with Crippen LogP contribution in [0.4, 0.5) is 5.69 Å². The molecule has 2 heterocycles. The molecule has 1 aromatic carbocycles. The molecule has 0 spiro atoms. The largest absolute Gasteiger partial charge is 0.506 e. The molecule has 3 N–H and O–H groups in total. The van der Waals surface area contributed by atoms with Crippen LogP contribution in [0.5, 0.6) is 5.75 Å². The summed E-state index contributed by atoms with van der Waals surface area (Å²) in [6.07, 6.45) is 1.57. The van der Waals surface area contributed by atoms with Crippen molar-refractivity contribution in [1.29, 1.82) is 0 Å². The van der Waals surface area contributed by atoms with Crippen LogP contribution >= 0.6 is 0 Å². The number of hydrogen-bond acceptors (Lipinski definition) is 4. The van der Waals surface area contributed by atoms with E-state index in [1.54, 1.807) is 28.8 Å². The molecule has 17 heavy (non-hydrogen) atoms. The van der Waals surface area contributed by atoms with Crippen molar-refractivity contribution < 1.29 is 5.11 Å². The predicted octanol–water partition coefficient (Wildman–Crippen LogP) is 1.68. The van der Waals surface area contributed by atoms with E-state index in [1.165, 1.54) is 0 Å². The maximum absolute atomic E-state index is 9.48. The van der Waals surface area contributed by atoms with Crippen molar-refractivity contribution in [2.75, 3.05) is 5.73 Å². The zero-order valence-corrected chi connectivity index (χ0v) is 8.91. The number of anilines is 1. The van der Waals surface area contributed by atoms with Gasteiger partial charge in [-0.1, -0.05) is 12.1 Å². The van der Waals surface area contributed by atoms with E-state index in [2.05, 4.69) is 10.2 Å². The molecule has 3 aromatic rings. The summed E-state index contributed by atoms with van der Waals surface area (Å²) in [5.74, 6) is 0.780. The molecule has 0 atom stereocenters. The molecule has 5 heteroatoms. The molecule has 5 nitrogen and oxygen atoms in total. The zero-order valence-electron chi connectivity index (χ0n) is 8.91. The highest BCUT2D eigenvalue weighted by Gasteiger charge is 2.10. The van der Waals surface area contributed by atoms with E-state index in [1.807, 2.05) is 18.2 Å². The second-order valence-corrected chi connectivity index (χ2v) is 3.73. The van der Waals surface area contributed by atoms with Gasteiger partial charge in [0.05, 0.1) is 6.20 Å².